The molecule has 0 spiro atoms. The van der Waals surface area contributed by atoms with Gasteiger partial charge in [-0.2, -0.15) is 0 Å². The van der Waals surface area contributed by atoms with E-state index in [-0.39, 0.29) is 23.6 Å². The van der Waals surface area contributed by atoms with E-state index in [2.05, 4.69) is 5.32 Å². The van der Waals surface area contributed by atoms with Gasteiger partial charge in [-0.05, 0) is 43.0 Å². The van der Waals surface area contributed by atoms with E-state index in [4.69, 9.17) is 15.9 Å². The molecule has 0 saturated carbocycles. The van der Waals surface area contributed by atoms with E-state index in [0.29, 0.717) is 49.5 Å². The van der Waals surface area contributed by atoms with E-state index in [1.54, 1.807) is 24.3 Å². The summed E-state index contributed by atoms with van der Waals surface area (Å²) < 4.78 is 5.61. The molecule has 0 unspecified atom stereocenters. The van der Waals surface area contributed by atoms with Gasteiger partial charge in [0.15, 0.2) is 0 Å². The number of nitrogens with zero attached hydrogens (tertiary/aromatic N) is 1. The third-order valence-corrected chi connectivity index (χ3v) is 5.23. The summed E-state index contributed by atoms with van der Waals surface area (Å²) in [4.78, 5) is 26.6. The Labute approximate surface area is 176 Å². The van der Waals surface area contributed by atoms with Crippen molar-refractivity contribution in [3.8, 4) is 5.75 Å². The number of benzene rings is 2. The minimum Gasteiger partial charge on any atom is -0.492 e. The molecular formula is C23H28N4O3. The van der Waals surface area contributed by atoms with Gasteiger partial charge in [-0.3, -0.25) is 15.0 Å². The number of carbonyl (C=O) groups is 2. The summed E-state index contributed by atoms with van der Waals surface area (Å²) in [6, 6.07) is 16.3. The first kappa shape index (κ1) is 21.4. The molecule has 1 saturated heterocycles. The normalized spacial score (nSPS) is 14.2. The third-order valence-electron chi connectivity index (χ3n) is 5.23. The number of amides is 2. The van der Waals surface area contributed by atoms with Crippen LogP contribution in [0.4, 0.5) is 0 Å². The van der Waals surface area contributed by atoms with Crippen LogP contribution in [0.2, 0.25) is 0 Å². The quantitative estimate of drug-likeness (QED) is 0.354. The maximum atomic E-state index is 12.5. The van der Waals surface area contributed by atoms with Gasteiger partial charge in [0, 0.05) is 30.6 Å². The van der Waals surface area contributed by atoms with Crippen LogP contribution in [0.1, 0.15) is 35.2 Å². The average Bonchev–Trinajstić information content (AvgIpc) is 2.77. The van der Waals surface area contributed by atoms with Crippen molar-refractivity contribution in [2.75, 3.05) is 26.2 Å². The van der Waals surface area contributed by atoms with Crippen LogP contribution >= 0.6 is 0 Å². The molecule has 1 aliphatic heterocycles. The van der Waals surface area contributed by atoms with Crippen molar-refractivity contribution in [2.45, 2.75) is 19.3 Å². The first-order valence-electron chi connectivity index (χ1n) is 10.2. The van der Waals surface area contributed by atoms with E-state index in [9.17, 15) is 9.59 Å². The Morgan fingerprint density at radius 1 is 1.07 bits per heavy atom. The summed E-state index contributed by atoms with van der Waals surface area (Å²) in [6.07, 6.45) is 2.13. The Morgan fingerprint density at radius 3 is 2.47 bits per heavy atom. The van der Waals surface area contributed by atoms with E-state index in [1.165, 1.54) is 0 Å². The van der Waals surface area contributed by atoms with Gasteiger partial charge in [0.2, 0.25) is 5.91 Å². The van der Waals surface area contributed by atoms with Gasteiger partial charge in [0.1, 0.15) is 18.2 Å². The van der Waals surface area contributed by atoms with Gasteiger partial charge in [0.05, 0.1) is 6.54 Å². The lowest BCUT2D eigenvalue weighted by Crippen LogP contribution is -2.40. The summed E-state index contributed by atoms with van der Waals surface area (Å²) in [6.45, 7) is 2.12. The molecule has 2 amide bonds. The van der Waals surface area contributed by atoms with E-state index >= 15 is 0 Å². The van der Waals surface area contributed by atoms with Crippen molar-refractivity contribution in [1.82, 2.24) is 10.2 Å². The number of likely N-dealkylation sites (tertiary alicyclic amines) is 1. The Bertz CT molecular complexity index is 877. The van der Waals surface area contributed by atoms with Gasteiger partial charge in [-0.15, -0.1) is 0 Å². The van der Waals surface area contributed by atoms with E-state index in [0.717, 1.165) is 12.8 Å². The minimum absolute atomic E-state index is 0.00363. The molecule has 0 aliphatic carbocycles. The topological polar surface area (TPSA) is 109 Å². The van der Waals surface area contributed by atoms with Crippen LogP contribution in [0.5, 0.6) is 5.75 Å². The minimum atomic E-state index is -0.00901. The molecule has 0 aromatic heterocycles. The van der Waals surface area contributed by atoms with Gasteiger partial charge < -0.3 is 20.7 Å². The summed E-state index contributed by atoms with van der Waals surface area (Å²) >= 11 is 0. The number of nitrogen functional groups attached to an aromatic ring is 1. The lowest BCUT2D eigenvalue weighted by molar-refractivity contribution is -0.122. The van der Waals surface area contributed by atoms with Crippen molar-refractivity contribution in [3.05, 3.63) is 65.7 Å². The molecule has 30 heavy (non-hydrogen) atoms. The van der Waals surface area contributed by atoms with E-state index in [1.807, 2.05) is 35.2 Å². The predicted octanol–water partition coefficient (Wildman–Crippen LogP) is 2.41. The molecule has 7 nitrogen and oxygen atoms in total. The van der Waals surface area contributed by atoms with Crippen LogP contribution in [0.25, 0.3) is 0 Å². The fraction of sp³-hybridized carbons (Fsp3) is 0.348. The monoisotopic (exact) mass is 408 g/mol. The highest BCUT2D eigenvalue weighted by atomic mass is 16.5. The maximum Gasteiger partial charge on any atom is 0.253 e. The first-order chi connectivity index (χ1) is 14.5. The Hall–Kier alpha value is -3.35. The van der Waals surface area contributed by atoms with Crippen LogP contribution in [0.15, 0.2) is 54.6 Å². The molecule has 1 fully saturated rings. The Kier molecular flexibility index (Phi) is 7.43. The van der Waals surface area contributed by atoms with Gasteiger partial charge >= 0.3 is 0 Å². The number of rotatable bonds is 8. The smallest absolute Gasteiger partial charge is 0.253 e. The highest BCUT2D eigenvalue weighted by Gasteiger charge is 2.24. The largest absolute Gasteiger partial charge is 0.492 e. The third kappa shape index (κ3) is 6.07. The average molecular weight is 409 g/mol. The summed E-state index contributed by atoms with van der Waals surface area (Å²) in [5.41, 5.74) is 6.79. The molecule has 7 heteroatoms. The van der Waals surface area contributed by atoms with Crippen molar-refractivity contribution in [2.24, 2.45) is 11.7 Å². The predicted molar refractivity (Wildman–Crippen MR) is 116 cm³/mol. The van der Waals surface area contributed by atoms with Crippen LogP contribution in [0, 0.1) is 11.3 Å². The molecule has 4 N–H and O–H groups in total. The zero-order chi connectivity index (χ0) is 21.3. The zero-order valence-corrected chi connectivity index (χ0v) is 17.0. The number of nitrogens with two attached hydrogens (primary N) is 1. The number of nitrogens with one attached hydrogen (secondary N) is 2. The van der Waals surface area contributed by atoms with Crippen molar-refractivity contribution >= 4 is 17.6 Å². The van der Waals surface area contributed by atoms with Crippen LogP contribution in [-0.4, -0.2) is 48.8 Å². The van der Waals surface area contributed by atoms with Crippen LogP contribution in [-0.2, 0) is 4.79 Å². The second kappa shape index (κ2) is 10.4. The molecule has 1 heterocycles. The van der Waals surface area contributed by atoms with E-state index < -0.39 is 0 Å². The second-order valence-electron chi connectivity index (χ2n) is 7.45. The molecule has 2 aromatic rings. The molecule has 1 aliphatic rings. The Balaban J connectivity index is 1.34. The fourth-order valence-electron chi connectivity index (χ4n) is 3.55. The lowest BCUT2D eigenvalue weighted by Gasteiger charge is -2.31. The summed E-state index contributed by atoms with van der Waals surface area (Å²) in [5, 5.41) is 10.3. The van der Waals surface area contributed by atoms with Crippen molar-refractivity contribution < 1.29 is 14.3 Å². The maximum absolute atomic E-state index is 12.5. The van der Waals surface area contributed by atoms with Crippen molar-refractivity contribution in [1.29, 1.82) is 5.41 Å². The van der Waals surface area contributed by atoms with Gasteiger partial charge in [0.25, 0.3) is 5.91 Å². The SMILES string of the molecule is N=C(N)c1cccc(OCCNC(=O)CC2CCN(C(=O)c3ccccc3)CC2)c1. The molecule has 0 radical (unpaired) electrons. The molecule has 3 rings (SSSR count). The second-order valence-corrected chi connectivity index (χ2v) is 7.45. The zero-order valence-electron chi connectivity index (χ0n) is 17.0. The first-order valence-corrected chi connectivity index (χ1v) is 10.2. The summed E-state index contributed by atoms with van der Waals surface area (Å²) in [5.74, 6) is 0.962. The van der Waals surface area contributed by atoms with Crippen LogP contribution in [0.3, 0.4) is 0 Å². The summed E-state index contributed by atoms with van der Waals surface area (Å²) in [7, 11) is 0. The number of carbonyl (C=O) groups excluding carboxylic acids is 2. The standard InChI is InChI=1S/C23H28N4O3/c24-22(25)19-7-4-8-20(16-19)30-14-11-26-21(28)15-17-9-12-27(13-10-17)23(29)18-5-2-1-3-6-18/h1-8,16-17H,9-15H2,(H3,24,25)(H,26,28). The fourth-order valence-corrected chi connectivity index (χ4v) is 3.55. The molecular weight excluding hydrogens is 380 g/mol. The highest BCUT2D eigenvalue weighted by molar-refractivity contribution is 5.95. The van der Waals surface area contributed by atoms with Crippen LogP contribution < -0.4 is 15.8 Å². The number of hydrogen-bond donors (Lipinski definition) is 3. The Morgan fingerprint density at radius 2 is 1.77 bits per heavy atom. The molecule has 0 atom stereocenters. The molecule has 0 bridgehead atoms. The number of piperidine rings is 1. The number of ether oxygens (including phenoxy) is 1. The number of amidine groups is 1. The van der Waals surface area contributed by atoms with Gasteiger partial charge in [-0.1, -0.05) is 30.3 Å². The molecule has 158 valence electrons. The highest BCUT2D eigenvalue weighted by Crippen LogP contribution is 2.22. The lowest BCUT2D eigenvalue weighted by atomic mass is 9.93. The molecule has 2 aromatic carbocycles. The van der Waals surface area contributed by atoms with Gasteiger partial charge in [-0.25, -0.2) is 0 Å². The van der Waals surface area contributed by atoms with Crippen molar-refractivity contribution in [3.63, 3.8) is 0 Å². The number of hydrogen-bond acceptors (Lipinski definition) is 4.